The van der Waals surface area contributed by atoms with Gasteiger partial charge in [0.15, 0.2) is 0 Å². The lowest BCUT2D eigenvalue weighted by atomic mass is 9.88. The second-order valence-electron chi connectivity index (χ2n) is 6.95. The molecule has 0 unspecified atom stereocenters. The number of nitrogens with one attached hydrogen (secondary N) is 1. The van der Waals surface area contributed by atoms with Crippen molar-refractivity contribution in [1.82, 2.24) is 10.2 Å². The molecule has 2 N–H and O–H groups in total. The molecule has 0 aromatic heterocycles. The normalized spacial score (nSPS) is 22.0. The summed E-state index contributed by atoms with van der Waals surface area (Å²) in [5, 5.41) is 11.2. The van der Waals surface area contributed by atoms with Crippen LogP contribution >= 0.6 is 0 Å². The maximum Gasteiger partial charge on any atom is 0.408 e. The van der Waals surface area contributed by atoms with Gasteiger partial charge in [-0.3, -0.25) is 0 Å². The Morgan fingerprint density at radius 3 is 2.48 bits per heavy atom. The smallest absolute Gasteiger partial charge is 0.396 e. The lowest BCUT2D eigenvalue weighted by Gasteiger charge is -2.35. The van der Waals surface area contributed by atoms with E-state index in [0.717, 1.165) is 6.42 Å². The molecule has 1 fully saturated rings. The Labute approximate surface area is 123 Å². The van der Waals surface area contributed by atoms with Crippen LogP contribution < -0.4 is 5.32 Å². The summed E-state index contributed by atoms with van der Waals surface area (Å²) in [6, 6.07) is -2.54. The summed E-state index contributed by atoms with van der Waals surface area (Å²) < 4.78 is 39.1. The van der Waals surface area contributed by atoms with Crippen LogP contribution in [0.3, 0.4) is 0 Å². The van der Waals surface area contributed by atoms with Crippen LogP contribution in [0.2, 0.25) is 0 Å². The summed E-state index contributed by atoms with van der Waals surface area (Å²) in [7, 11) is 0. The number of halogens is 3. The molecule has 1 rings (SSSR count). The van der Waals surface area contributed by atoms with E-state index in [2.05, 4.69) is 5.32 Å². The molecule has 0 saturated carbocycles. The fourth-order valence-corrected chi connectivity index (χ4v) is 2.50. The molecule has 1 saturated heterocycles. The maximum atomic E-state index is 13.0. The molecule has 0 aromatic carbocycles. The number of aliphatic hydroxyl groups is 1. The number of amides is 2. The molecule has 2 atom stereocenters. The molecule has 4 nitrogen and oxygen atoms in total. The Balaban J connectivity index is 2.67. The van der Waals surface area contributed by atoms with Crippen LogP contribution in [-0.4, -0.2) is 48.0 Å². The van der Waals surface area contributed by atoms with Crippen LogP contribution in [0, 0.1) is 11.3 Å². The quantitative estimate of drug-likeness (QED) is 0.842. The molecule has 1 aliphatic rings. The Bertz CT molecular complexity index is 353. The van der Waals surface area contributed by atoms with Gasteiger partial charge in [-0.15, -0.1) is 0 Å². The van der Waals surface area contributed by atoms with E-state index in [1.54, 1.807) is 20.8 Å². The third-order valence-corrected chi connectivity index (χ3v) is 3.57. The summed E-state index contributed by atoms with van der Waals surface area (Å²) in [5.41, 5.74) is -0.539. The number of alkyl halides is 3. The van der Waals surface area contributed by atoms with E-state index in [0.29, 0.717) is 19.5 Å². The fourth-order valence-electron chi connectivity index (χ4n) is 2.50. The van der Waals surface area contributed by atoms with Crippen molar-refractivity contribution < 1.29 is 23.1 Å². The van der Waals surface area contributed by atoms with Gasteiger partial charge in [-0.1, -0.05) is 20.8 Å². The van der Waals surface area contributed by atoms with Crippen molar-refractivity contribution in [2.24, 2.45) is 11.3 Å². The van der Waals surface area contributed by atoms with Crippen LogP contribution in [-0.2, 0) is 0 Å². The van der Waals surface area contributed by atoms with E-state index < -0.39 is 23.7 Å². The van der Waals surface area contributed by atoms with Gasteiger partial charge in [-0.2, -0.15) is 13.2 Å². The molecule has 0 aliphatic carbocycles. The van der Waals surface area contributed by atoms with Crippen LogP contribution in [0.1, 0.15) is 40.0 Å². The Hall–Kier alpha value is -0.980. The zero-order chi connectivity index (χ0) is 16.3. The highest BCUT2D eigenvalue weighted by Crippen LogP contribution is 2.30. The first-order valence-corrected chi connectivity index (χ1v) is 7.26. The van der Waals surface area contributed by atoms with Crippen molar-refractivity contribution in [3.05, 3.63) is 0 Å². The van der Waals surface area contributed by atoms with E-state index in [-0.39, 0.29) is 18.9 Å². The van der Waals surface area contributed by atoms with E-state index in [1.807, 2.05) is 0 Å². The van der Waals surface area contributed by atoms with E-state index in [1.165, 1.54) is 4.90 Å². The summed E-state index contributed by atoms with van der Waals surface area (Å²) in [4.78, 5) is 13.4. The molecule has 2 amide bonds. The topological polar surface area (TPSA) is 52.6 Å². The molecule has 124 valence electrons. The third-order valence-electron chi connectivity index (χ3n) is 3.57. The monoisotopic (exact) mass is 310 g/mol. The highest BCUT2D eigenvalue weighted by Gasteiger charge is 2.43. The lowest BCUT2D eigenvalue weighted by molar-refractivity contribution is -0.159. The Morgan fingerprint density at radius 2 is 2.00 bits per heavy atom. The zero-order valence-corrected chi connectivity index (χ0v) is 12.8. The number of urea groups is 1. The van der Waals surface area contributed by atoms with Gasteiger partial charge < -0.3 is 15.3 Å². The molecular weight excluding hydrogens is 285 g/mol. The van der Waals surface area contributed by atoms with Crippen molar-refractivity contribution in [2.45, 2.75) is 52.3 Å². The molecule has 0 radical (unpaired) electrons. The summed E-state index contributed by atoms with van der Waals surface area (Å²) in [6.45, 7) is 5.82. The van der Waals surface area contributed by atoms with Gasteiger partial charge in [0, 0.05) is 19.7 Å². The molecule has 0 bridgehead atoms. The number of likely N-dealkylation sites (tertiary alicyclic amines) is 1. The zero-order valence-electron chi connectivity index (χ0n) is 12.8. The number of hydrogen-bond donors (Lipinski definition) is 2. The number of piperidine rings is 1. The first-order valence-electron chi connectivity index (χ1n) is 7.26. The summed E-state index contributed by atoms with van der Waals surface area (Å²) in [5.74, 6) is -0.0450. The van der Waals surface area contributed by atoms with Gasteiger partial charge in [0.05, 0.1) is 0 Å². The summed E-state index contributed by atoms with van der Waals surface area (Å²) >= 11 is 0. The first kappa shape index (κ1) is 18.1. The van der Waals surface area contributed by atoms with E-state index in [4.69, 9.17) is 5.11 Å². The van der Waals surface area contributed by atoms with E-state index >= 15 is 0 Å². The lowest BCUT2D eigenvalue weighted by Crippen LogP contribution is -2.54. The predicted octanol–water partition coefficient (Wildman–Crippen LogP) is 2.77. The van der Waals surface area contributed by atoms with Crippen LogP contribution in [0.5, 0.6) is 0 Å². The van der Waals surface area contributed by atoms with E-state index in [9.17, 15) is 18.0 Å². The number of hydrogen-bond acceptors (Lipinski definition) is 2. The van der Waals surface area contributed by atoms with Gasteiger partial charge >= 0.3 is 12.2 Å². The van der Waals surface area contributed by atoms with Gasteiger partial charge in [-0.25, -0.2) is 4.79 Å². The molecular formula is C14H25F3N2O2. The van der Waals surface area contributed by atoms with Gasteiger partial charge in [0.2, 0.25) is 0 Å². The third kappa shape index (κ3) is 6.11. The number of carbonyl (C=O) groups is 1. The number of aliphatic hydroxyl groups excluding tert-OH is 1. The Kier molecular flexibility index (Phi) is 5.90. The minimum atomic E-state index is -4.46. The fraction of sp³-hybridized carbons (Fsp3) is 0.929. The predicted molar refractivity (Wildman–Crippen MR) is 73.8 cm³/mol. The standard InChI is InChI=1S/C14H25F3N2O2/c1-13(2,3)7-11(14(15,16)17)18-12(21)19-6-4-5-10(8-19)9-20/h10-11,20H,4-9H2,1-3H3,(H,18,21)/t10-,11+/m0/s1. The van der Waals surface area contributed by atoms with Gasteiger partial charge in [0.25, 0.3) is 0 Å². The average molecular weight is 310 g/mol. The van der Waals surface area contributed by atoms with Crippen LogP contribution in [0.25, 0.3) is 0 Å². The number of nitrogens with zero attached hydrogens (tertiary/aromatic N) is 1. The highest BCUT2D eigenvalue weighted by atomic mass is 19.4. The molecule has 0 spiro atoms. The van der Waals surface area contributed by atoms with Gasteiger partial charge in [-0.05, 0) is 30.6 Å². The van der Waals surface area contributed by atoms with Crippen molar-refractivity contribution in [2.75, 3.05) is 19.7 Å². The first-order chi connectivity index (χ1) is 9.53. The van der Waals surface area contributed by atoms with Crippen LogP contribution in [0.15, 0.2) is 0 Å². The van der Waals surface area contributed by atoms with Crippen molar-refractivity contribution in [1.29, 1.82) is 0 Å². The molecule has 1 aliphatic heterocycles. The van der Waals surface area contributed by atoms with Gasteiger partial charge in [0.1, 0.15) is 6.04 Å². The molecule has 0 aromatic rings. The van der Waals surface area contributed by atoms with Crippen molar-refractivity contribution >= 4 is 6.03 Å². The largest absolute Gasteiger partial charge is 0.408 e. The highest BCUT2D eigenvalue weighted by molar-refractivity contribution is 5.74. The molecule has 7 heteroatoms. The maximum absolute atomic E-state index is 13.0. The minimum absolute atomic E-state index is 0.0450. The SMILES string of the molecule is CC(C)(C)C[C@@H](NC(=O)N1CCC[C@H](CO)C1)C(F)(F)F. The Morgan fingerprint density at radius 1 is 1.38 bits per heavy atom. The minimum Gasteiger partial charge on any atom is -0.396 e. The second-order valence-corrected chi connectivity index (χ2v) is 6.95. The number of rotatable bonds is 3. The van der Waals surface area contributed by atoms with Crippen LogP contribution in [0.4, 0.5) is 18.0 Å². The second kappa shape index (κ2) is 6.85. The summed E-state index contributed by atoms with van der Waals surface area (Å²) in [6.07, 6.45) is -3.13. The van der Waals surface area contributed by atoms with Crippen molar-refractivity contribution in [3.63, 3.8) is 0 Å². The number of carbonyl (C=O) groups excluding carboxylic acids is 1. The average Bonchev–Trinajstić information content (AvgIpc) is 2.35. The van der Waals surface area contributed by atoms with Crippen molar-refractivity contribution in [3.8, 4) is 0 Å². The molecule has 1 heterocycles. The molecule has 21 heavy (non-hydrogen) atoms.